The lowest BCUT2D eigenvalue weighted by Crippen LogP contribution is -2.28. The molecule has 2 amide bonds. The molecular weight excluding hydrogens is 242 g/mol. The van der Waals surface area contributed by atoms with Gasteiger partial charge < -0.3 is 10.6 Å². The molecule has 1 unspecified atom stereocenters. The summed E-state index contributed by atoms with van der Waals surface area (Å²) in [5, 5.41) is 0.968. The van der Waals surface area contributed by atoms with Crippen LogP contribution in [-0.2, 0) is 9.59 Å². The van der Waals surface area contributed by atoms with Gasteiger partial charge in [-0.25, -0.2) is 0 Å². The molecule has 1 saturated heterocycles. The Morgan fingerprint density at radius 2 is 2.16 bits per heavy atom. The van der Waals surface area contributed by atoms with Crippen molar-refractivity contribution in [2.75, 3.05) is 11.4 Å². The first-order valence-corrected chi connectivity index (χ1v) is 6.09. The second-order valence-electron chi connectivity index (χ2n) is 4.69. The number of aromatic nitrogens is 1. The maximum atomic E-state index is 11.9. The molecule has 19 heavy (non-hydrogen) atoms. The third kappa shape index (κ3) is 2.03. The van der Waals surface area contributed by atoms with E-state index in [4.69, 9.17) is 5.73 Å². The summed E-state index contributed by atoms with van der Waals surface area (Å²) in [6.07, 6.45) is 1.84. The number of hydrogen-bond donors (Lipinski definition) is 1. The SMILES string of the molecule is NC(=O)C1CC(=O)N(c2cnc3ccccc3c2)C1. The van der Waals surface area contributed by atoms with Gasteiger partial charge in [-0.05, 0) is 12.1 Å². The number of rotatable bonds is 2. The number of hydrogen-bond acceptors (Lipinski definition) is 3. The number of fused-ring (bicyclic) bond motifs is 1. The Bertz CT molecular complexity index is 669. The molecule has 96 valence electrons. The second kappa shape index (κ2) is 4.35. The van der Waals surface area contributed by atoms with E-state index in [1.54, 1.807) is 11.1 Å². The van der Waals surface area contributed by atoms with Crippen LogP contribution in [0.4, 0.5) is 5.69 Å². The van der Waals surface area contributed by atoms with Crippen molar-refractivity contribution in [1.82, 2.24) is 4.98 Å². The summed E-state index contributed by atoms with van der Waals surface area (Å²) in [4.78, 5) is 29.0. The lowest BCUT2D eigenvalue weighted by molar-refractivity contribution is -0.123. The second-order valence-corrected chi connectivity index (χ2v) is 4.69. The molecule has 1 aromatic heterocycles. The fourth-order valence-corrected chi connectivity index (χ4v) is 2.35. The Kier molecular flexibility index (Phi) is 2.67. The molecule has 1 fully saturated rings. The Labute approximate surface area is 110 Å². The Morgan fingerprint density at radius 3 is 2.89 bits per heavy atom. The quantitative estimate of drug-likeness (QED) is 0.872. The fourth-order valence-electron chi connectivity index (χ4n) is 2.35. The summed E-state index contributed by atoms with van der Waals surface area (Å²) < 4.78 is 0. The van der Waals surface area contributed by atoms with Gasteiger partial charge in [0, 0.05) is 18.4 Å². The van der Waals surface area contributed by atoms with Gasteiger partial charge in [-0.15, -0.1) is 0 Å². The summed E-state index contributed by atoms with van der Waals surface area (Å²) in [6, 6.07) is 9.60. The minimum atomic E-state index is -0.426. The average Bonchev–Trinajstić information content (AvgIpc) is 2.80. The molecule has 1 aliphatic heterocycles. The summed E-state index contributed by atoms with van der Waals surface area (Å²) in [5.74, 6) is -0.913. The van der Waals surface area contributed by atoms with Crippen molar-refractivity contribution in [3.63, 3.8) is 0 Å². The molecule has 0 spiro atoms. The highest BCUT2D eigenvalue weighted by Crippen LogP contribution is 2.26. The molecule has 1 aromatic carbocycles. The zero-order valence-electron chi connectivity index (χ0n) is 10.2. The van der Waals surface area contributed by atoms with E-state index in [2.05, 4.69) is 4.98 Å². The molecule has 0 bridgehead atoms. The van der Waals surface area contributed by atoms with E-state index >= 15 is 0 Å². The van der Waals surface area contributed by atoms with E-state index in [0.717, 1.165) is 10.9 Å². The smallest absolute Gasteiger partial charge is 0.227 e. The number of anilines is 1. The minimum Gasteiger partial charge on any atom is -0.369 e. The van der Waals surface area contributed by atoms with E-state index < -0.39 is 11.8 Å². The molecule has 3 rings (SSSR count). The van der Waals surface area contributed by atoms with Crippen LogP contribution in [0.25, 0.3) is 10.9 Å². The third-order valence-corrected chi connectivity index (χ3v) is 3.42. The first kappa shape index (κ1) is 11.6. The summed E-state index contributed by atoms with van der Waals surface area (Å²) >= 11 is 0. The van der Waals surface area contributed by atoms with Crippen LogP contribution in [0.3, 0.4) is 0 Å². The van der Waals surface area contributed by atoms with Crippen LogP contribution in [-0.4, -0.2) is 23.3 Å². The predicted molar refractivity (Wildman–Crippen MR) is 71.4 cm³/mol. The standard InChI is InChI=1S/C14H13N3O2/c15-14(19)10-6-13(18)17(8-10)11-5-9-3-1-2-4-12(9)16-7-11/h1-5,7,10H,6,8H2,(H2,15,19). The molecule has 0 saturated carbocycles. The van der Waals surface area contributed by atoms with Crippen LogP contribution < -0.4 is 10.6 Å². The van der Waals surface area contributed by atoms with Crippen LogP contribution in [0, 0.1) is 5.92 Å². The normalized spacial score (nSPS) is 19.1. The number of primary amides is 1. The first-order chi connectivity index (χ1) is 9.15. The molecule has 5 heteroatoms. The molecular formula is C14H13N3O2. The third-order valence-electron chi connectivity index (χ3n) is 3.42. The van der Waals surface area contributed by atoms with Crippen molar-refractivity contribution in [3.8, 4) is 0 Å². The number of nitrogens with zero attached hydrogens (tertiary/aromatic N) is 2. The van der Waals surface area contributed by atoms with E-state index in [9.17, 15) is 9.59 Å². The lowest BCUT2D eigenvalue weighted by atomic mass is 10.1. The van der Waals surface area contributed by atoms with Crippen molar-refractivity contribution < 1.29 is 9.59 Å². The molecule has 2 N–H and O–H groups in total. The van der Waals surface area contributed by atoms with E-state index in [1.807, 2.05) is 30.3 Å². The van der Waals surface area contributed by atoms with E-state index in [1.165, 1.54) is 0 Å². The highest BCUT2D eigenvalue weighted by Gasteiger charge is 2.34. The van der Waals surface area contributed by atoms with Gasteiger partial charge in [0.05, 0.1) is 23.3 Å². The Morgan fingerprint density at radius 1 is 1.37 bits per heavy atom. The van der Waals surface area contributed by atoms with Crippen molar-refractivity contribution in [2.24, 2.45) is 11.7 Å². The van der Waals surface area contributed by atoms with Crippen LogP contribution in [0.15, 0.2) is 36.5 Å². The van der Waals surface area contributed by atoms with Crippen LogP contribution in [0.2, 0.25) is 0 Å². The first-order valence-electron chi connectivity index (χ1n) is 6.09. The summed E-state index contributed by atoms with van der Waals surface area (Å²) in [5.41, 5.74) is 6.85. The lowest BCUT2D eigenvalue weighted by Gasteiger charge is -2.16. The summed E-state index contributed by atoms with van der Waals surface area (Å²) in [6.45, 7) is 0.341. The molecule has 1 aliphatic rings. The zero-order chi connectivity index (χ0) is 13.4. The van der Waals surface area contributed by atoms with Crippen LogP contribution in [0.5, 0.6) is 0 Å². The van der Waals surface area contributed by atoms with Gasteiger partial charge >= 0.3 is 0 Å². The van der Waals surface area contributed by atoms with Gasteiger partial charge in [-0.3, -0.25) is 14.6 Å². The monoisotopic (exact) mass is 255 g/mol. The number of amides is 2. The van der Waals surface area contributed by atoms with Crippen molar-refractivity contribution in [2.45, 2.75) is 6.42 Å². The maximum absolute atomic E-state index is 11.9. The van der Waals surface area contributed by atoms with E-state index in [-0.39, 0.29) is 12.3 Å². The Hall–Kier alpha value is -2.43. The molecule has 0 aliphatic carbocycles. The van der Waals surface area contributed by atoms with Gasteiger partial charge in [0.2, 0.25) is 11.8 Å². The van der Waals surface area contributed by atoms with Gasteiger partial charge in [0.1, 0.15) is 0 Å². The highest BCUT2D eigenvalue weighted by atomic mass is 16.2. The number of nitrogens with two attached hydrogens (primary N) is 1. The minimum absolute atomic E-state index is 0.0825. The fraction of sp³-hybridized carbons (Fsp3) is 0.214. The molecule has 1 atom stereocenters. The van der Waals surface area contributed by atoms with Gasteiger partial charge in [0.15, 0.2) is 0 Å². The molecule has 2 heterocycles. The molecule has 2 aromatic rings. The number of pyridine rings is 1. The van der Waals surface area contributed by atoms with Crippen molar-refractivity contribution in [3.05, 3.63) is 36.5 Å². The largest absolute Gasteiger partial charge is 0.369 e. The molecule has 5 nitrogen and oxygen atoms in total. The molecule has 0 radical (unpaired) electrons. The van der Waals surface area contributed by atoms with Crippen LogP contribution in [0.1, 0.15) is 6.42 Å². The van der Waals surface area contributed by atoms with Gasteiger partial charge in [0.25, 0.3) is 0 Å². The van der Waals surface area contributed by atoms with Crippen LogP contribution >= 0.6 is 0 Å². The van der Waals surface area contributed by atoms with Gasteiger partial charge in [-0.1, -0.05) is 18.2 Å². The predicted octanol–water partition coefficient (Wildman–Crippen LogP) is 1.07. The van der Waals surface area contributed by atoms with Crippen molar-refractivity contribution in [1.29, 1.82) is 0 Å². The zero-order valence-corrected chi connectivity index (χ0v) is 10.2. The topological polar surface area (TPSA) is 76.3 Å². The number of carbonyl (C=O) groups excluding carboxylic acids is 2. The number of para-hydroxylation sites is 1. The maximum Gasteiger partial charge on any atom is 0.227 e. The summed E-state index contributed by atoms with van der Waals surface area (Å²) in [7, 11) is 0. The number of benzene rings is 1. The van der Waals surface area contributed by atoms with E-state index in [0.29, 0.717) is 12.2 Å². The Balaban J connectivity index is 1.96. The van der Waals surface area contributed by atoms with Crippen molar-refractivity contribution >= 4 is 28.4 Å². The van der Waals surface area contributed by atoms with Gasteiger partial charge in [-0.2, -0.15) is 0 Å². The average molecular weight is 255 g/mol. The highest BCUT2D eigenvalue weighted by molar-refractivity contribution is 6.01. The number of carbonyl (C=O) groups is 2.